The molecule has 23 heavy (non-hydrogen) atoms. The number of aromatic nitrogens is 1. The molecule has 122 valence electrons. The minimum absolute atomic E-state index is 0.0775. The van der Waals surface area contributed by atoms with E-state index < -0.39 is 0 Å². The van der Waals surface area contributed by atoms with Crippen LogP contribution in [-0.4, -0.2) is 23.2 Å². The molecule has 0 saturated heterocycles. The van der Waals surface area contributed by atoms with Gasteiger partial charge in [0, 0.05) is 30.5 Å². The summed E-state index contributed by atoms with van der Waals surface area (Å²) in [5.41, 5.74) is 2.32. The normalized spacial score (nSPS) is 17.2. The monoisotopic (exact) mass is 313 g/mol. The van der Waals surface area contributed by atoms with Crippen molar-refractivity contribution in [3.63, 3.8) is 0 Å². The lowest BCUT2D eigenvalue weighted by atomic mass is 10.1. The minimum Gasteiger partial charge on any atom is -0.491 e. The maximum Gasteiger partial charge on any atom is 0.315 e. The fraction of sp³-hybridized carbons (Fsp3) is 0.389. The van der Waals surface area contributed by atoms with Gasteiger partial charge in [-0.15, -0.1) is 0 Å². The fourth-order valence-corrected chi connectivity index (χ4v) is 2.90. The second kappa shape index (κ2) is 6.77. The lowest BCUT2D eigenvalue weighted by Crippen LogP contribution is -2.42. The van der Waals surface area contributed by atoms with Crippen LogP contribution in [-0.2, 0) is 13.5 Å². The maximum absolute atomic E-state index is 12.2. The van der Waals surface area contributed by atoms with E-state index in [4.69, 9.17) is 4.74 Å². The Morgan fingerprint density at radius 3 is 2.96 bits per heavy atom. The van der Waals surface area contributed by atoms with Crippen molar-refractivity contribution in [3.8, 4) is 5.75 Å². The van der Waals surface area contributed by atoms with E-state index in [1.807, 2.05) is 50.5 Å². The van der Waals surface area contributed by atoms with Gasteiger partial charge in [0.05, 0.1) is 6.04 Å². The molecule has 5 heteroatoms. The molecule has 2 atom stereocenters. The summed E-state index contributed by atoms with van der Waals surface area (Å²) in [6.45, 7) is 2.52. The zero-order valence-corrected chi connectivity index (χ0v) is 13.6. The molecule has 1 aliphatic rings. The SMILES string of the molecule is C[C@H](CCc1cccn1C)NC(=O)N[C@H]1COc2ccccc21. The first-order valence-corrected chi connectivity index (χ1v) is 8.02. The maximum atomic E-state index is 12.2. The van der Waals surface area contributed by atoms with Gasteiger partial charge in [-0.05, 0) is 38.0 Å². The van der Waals surface area contributed by atoms with Crippen molar-refractivity contribution in [1.29, 1.82) is 0 Å². The third-order valence-electron chi connectivity index (χ3n) is 4.27. The van der Waals surface area contributed by atoms with E-state index in [9.17, 15) is 4.79 Å². The summed E-state index contributed by atoms with van der Waals surface area (Å²) in [6.07, 6.45) is 3.89. The Balaban J connectivity index is 1.47. The van der Waals surface area contributed by atoms with Crippen molar-refractivity contribution in [3.05, 3.63) is 53.9 Å². The topological polar surface area (TPSA) is 55.3 Å². The molecule has 0 aliphatic carbocycles. The van der Waals surface area contributed by atoms with Gasteiger partial charge in [-0.25, -0.2) is 4.79 Å². The molecule has 2 heterocycles. The van der Waals surface area contributed by atoms with Gasteiger partial charge in [0.2, 0.25) is 0 Å². The van der Waals surface area contributed by atoms with Gasteiger partial charge >= 0.3 is 6.03 Å². The van der Waals surface area contributed by atoms with Gasteiger partial charge in [-0.3, -0.25) is 0 Å². The minimum atomic E-state index is -0.144. The number of para-hydroxylation sites is 1. The van der Waals surface area contributed by atoms with Crippen molar-refractivity contribution in [1.82, 2.24) is 15.2 Å². The Kier molecular flexibility index (Phi) is 4.55. The number of urea groups is 1. The summed E-state index contributed by atoms with van der Waals surface area (Å²) in [5, 5.41) is 5.99. The van der Waals surface area contributed by atoms with E-state index in [-0.39, 0.29) is 18.1 Å². The summed E-state index contributed by atoms with van der Waals surface area (Å²) in [6, 6.07) is 11.9. The lowest BCUT2D eigenvalue weighted by Gasteiger charge is -2.17. The molecule has 0 spiro atoms. The van der Waals surface area contributed by atoms with Crippen molar-refractivity contribution in [2.45, 2.75) is 31.8 Å². The molecule has 2 amide bonds. The van der Waals surface area contributed by atoms with Crippen LogP contribution in [0.4, 0.5) is 4.79 Å². The van der Waals surface area contributed by atoms with Crippen LogP contribution in [0.3, 0.4) is 0 Å². The molecule has 3 rings (SSSR count). The van der Waals surface area contributed by atoms with Gasteiger partial charge in [0.25, 0.3) is 0 Å². The van der Waals surface area contributed by atoms with E-state index in [0.29, 0.717) is 6.61 Å². The van der Waals surface area contributed by atoms with Crippen LogP contribution >= 0.6 is 0 Å². The number of ether oxygens (including phenoxy) is 1. The second-order valence-corrected chi connectivity index (χ2v) is 6.07. The highest BCUT2D eigenvalue weighted by molar-refractivity contribution is 5.75. The highest BCUT2D eigenvalue weighted by Gasteiger charge is 2.25. The first kappa shape index (κ1) is 15.5. The van der Waals surface area contributed by atoms with Gasteiger partial charge < -0.3 is 19.9 Å². The summed E-state index contributed by atoms with van der Waals surface area (Å²) < 4.78 is 7.69. The van der Waals surface area contributed by atoms with Crippen molar-refractivity contribution >= 4 is 6.03 Å². The number of nitrogens with one attached hydrogen (secondary N) is 2. The molecule has 0 bridgehead atoms. The third-order valence-corrected chi connectivity index (χ3v) is 4.27. The van der Waals surface area contributed by atoms with Crippen LogP contribution in [0.2, 0.25) is 0 Å². The predicted molar refractivity (Wildman–Crippen MR) is 89.5 cm³/mol. The quantitative estimate of drug-likeness (QED) is 0.892. The first-order valence-electron chi connectivity index (χ1n) is 8.02. The van der Waals surface area contributed by atoms with Crippen LogP contribution in [0, 0.1) is 0 Å². The zero-order chi connectivity index (χ0) is 16.2. The number of hydrogen-bond donors (Lipinski definition) is 2. The van der Waals surface area contributed by atoms with Gasteiger partial charge in [0.1, 0.15) is 12.4 Å². The number of carbonyl (C=O) groups is 1. The van der Waals surface area contributed by atoms with Crippen molar-refractivity contribution < 1.29 is 9.53 Å². The Bertz CT molecular complexity index is 680. The van der Waals surface area contributed by atoms with Gasteiger partial charge in [-0.1, -0.05) is 18.2 Å². The van der Waals surface area contributed by atoms with Crippen molar-refractivity contribution in [2.75, 3.05) is 6.61 Å². The fourth-order valence-electron chi connectivity index (χ4n) is 2.90. The molecular formula is C18H23N3O2. The molecule has 0 radical (unpaired) electrons. The summed E-state index contributed by atoms with van der Waals surface area (Å²) in [7, 11) is 2.04. The molecule has 0 saturated carbocycles. The van der Waals surface area contributed by atoms with Crippen LogP contribution < -0.4 is 15.4 Å². The molecule has 5 nitrogen and oxygen atoms in total. The summed E-state index contributed by atoms with van der Waals surface area (Å²) in [4.78, 5) is 12.2. The molecule has 1 aromatic heterocycles. The van der Waals surface area contributed by atoms with E-state index >= 15 is 0 Å². The number of benzene rings is 1. The highest BCUT2D eigenvalue weighted by atomic mass is 16.5. The summed E-state index contributed by atoms with van der Waals surface area (Å²) >= 11 is 0. The van der Waals surface area contributed by atoms with Crippen LogP contribution in [0.5, 0.6) is 5.75 Å². The number of fused-ring (bicyclic) bond motifs is 1. The standard InChI is InChI=1S/C18H23N3O2/c1-13(9-10-14-6-5-11-21(14)2)19-18(22)20-16-12-23-17-8-4-3-7-15(16)17/h3-8,11,13,16H,9-10,12H2,1-2H3,(H2,19,20,22)/t13-,16+/m1/s1. The Labute approximate surface area is 136 Å². The number of nitrogens with zero attached hydrogens (tertiary/aromatic N) is 1. The lowest BCUT2D eigenvalue weighted by molar-refractivity contribution is 0.228. The smallest absolute Gasteiger partial charge is 0.315 e. The molecule has 1 aliphatic heterocycles. The number of rotatable bonds is 5. The number of carbonyl (C=O) groups excluding carboxylic acids is 1. The zero-order valence-electron chi connectivity index (χ0n) is 13.6. The van der Waals surface area contributed by atoms with Crippen LogP contribution in [0.25, 0.3) is 0 Å². The van der Waals surface area contributed by atoms with E-state index in [1.54, 1.807) is 0 Å². The summed E-state index contributed by atoms with van der Waals surface area (Å²) in [5.74, 6) is 0.856. The Morgan fingerprint density at radius 1 is 1.35 bits per heavy atom. The average molecular weight is 313 g/mol. The number of aryl methyl sites for hydroxylation is 2. The van der Waals surface area contributed by atoms with E-state index in [2.05, 4.69) is 21.3 Å². The third kappa shape index (κ3) is 3.67. The highest BCUT2D eigenvalue weighted by Crippen LogP contribution is 2.31. The molecule has 2 aromatic rings. The number of hydrogen-bond acceptors (Lipinski definition) is 2. The van der Waals surface area contributed by atoms with E-state index in [1.165, 1.54) is 5.69 Å². The Morgan fingerprint density at radius 2 is 2.17 bits per heavy atom. The van der Waals surface area contributed by atoms with Crippen LogP contribution in [0.15, 0.2) is 42.6 Å². The van der Waals surface area contributed by atoms with Gasteiger partial charge in [0.15, 0.2) is 0 Å². The second-order valence-electron chi connectivity index (χ2n) is 6.07. The first-order chi connectivity index (χ1) is 11.1. The molecular weight excluding hydrogens is 290 g/mol. The van der Waals surface area contributed by atoms with E-state index in [0.717, 1.165) is 24.2 Å². The average Bonchev–Trinajstić information content (AvgIpc) is 3.12. The Hall–Kier alpha value is -2.43. The molecule has 1 aromatic carbocycles. The predicted octanol–water partition coefficient (Wildman–Crippen LogP) is 2.78. The number of amides is 2. The molecule has 0 fully saturated rings. The molecule has 2 N–H and O–H groups in total. The van der Waals surface area contributed by atoms with Crippen LogP contribution in [0.1, 0.15) is 30.6 Å². The van der Waals surface area contributed by atoms with Gasteiger partial charge in [-0.2, -0.15) is 0 Å². The largest absolute Gasteiger partial charge is 0.491 e. The van der Waals surface area contributed by atoms with Crippen molar-refractivity contribution in [2.24, 2.45) is 7.05 Å². The molecule has 0 unspecified atom stereocenters.